The van der Waals surface area contributed by atoms with Crippen molar-refractivity contribution in [2.75, 3.05) is 7.11 Å². The van der Waals surface area contributed by atoms with Gasteiger partial charge in [-0.05, 0) is 24.6 Å². The minimum Gasteiger partial charge on any atom is -0.493 e. The third kappa shape index (κ3) is 2.35. The summed E-state index contributed by atoms with van der Waals surface area (Å²) in [5.74, 6) is 1.66. The molecule has 0 N–H and O–H groups in total. The maximum absolute atomic E-state index is 6.06. The fourth-order valence-electron chi connectivity index (χ4n) is 2.41. The van der Waals surface area contributed by atoms with Crippen molar-refractivity contribution in [1.29, 1.82) is 0 Å². The van der Waals surface area contributed by atoms with Gasteiger partial charge in [0.25, 0.3) is 0 Å². The lowest BCUT2D eigenvalue weighted by Crippen LogP contribution is -2.03. The molecule has 1 aliphatic heterocycles. The maximum Gasteiger partial charge on any atom is 0.165 e. The van der Waals surface area contributed by atoms with E-state index < -0.39 is 0 Å². The number of ether oxygens (including phenoxy) is 2. The van der Waals surface area contributed by atoms with Gasteiger partial charge in [0.2, 0.25) is 0 Å². The quantitative estimate of drug-likeness (QED) is 0.814. The molecule has 0 aliphatic carbocycles. The molecule has 1 unspecified atom stereocenters. The van der Waals surface area contributed by atoms with E-state index in [9.17, 15) is 0 Å². The van der Waals surface area contributed by atoms with Crippen molar-refractivity contribution in [3.05, 3.63) is 57.6 Å². The van der Waals surface area contributed by atoms with Crippen LogP contribution < -0.4 is 9.47 Å². The zero-order chi connectivity index (χ0) is 13.4. The Bertz CT molecular complexity index is 605. The predicted octanol–water partition coefficient (Wildman–Crippen LogP) is 4.44. The van der Waals surface area contributed by atoms with E-state index in [2.05, 4.69) is 53.2 Å². The molecule has 0 amide bonds. The average molecular weight is 319 g/mol. The Labute approximate surface area is 121 Å². The van der Waals surface area contributed by atoms with E-state index in [0.29, 0.717) is 0 Å². The third-order valence-corrected chi connectivity index (χ3v) is 3.89. The smallest absolute Gasteiger partial charge is 0.165 e. The number of fused-ring (bicyclic) bond motifs is 1. The van der Waals surface area contributed by atoms with E-state index >= 15 is 0 Å². The summed E-state index contributed by atoms with van der Waals surface area (Å²) in [4.78, 5) is 0. The van der Waals surface area contributed by atoms with E-state index in [-0.39, 0.29) is 6.10 Å². The standard InChI is InChI=1S/C16H15BrO2/c1-10-3-5-11(6-4-10)14-8-12-7-13(17)9-15(18-2)16(12)19-14/h3-7,9,14H,8H2,1-2H3. The van der Waals surface area contributed by atoms with Gasteiger partial charge in [0.05, 0.1) is 7.11 Å². The number of hydrogen-bond acceptors (Lipinski definition) is 2. The molecule has 98 valence electrons. The summed E-state index contributed by atoms with van der Waals surface area (Å²) < 4.78 is 12.5. The van der Waals surface area contributed by atoms with Crippen LogP contribution in [0.3, 0.4) is 0 Å². The molecule has 3 rings (SSSR count). The second-order valence-electron chi connectivity index (χ2n) is 4.82. The lowest BCUT2D eigenvalue weighted by Gasteiger charge is -2.12. The maximum atomic E-state index is 6.06. The Morgan fingerprint density at radius 1 is 1.21 bits per heavy atom. The van der Waals surface area contributed by atoms with E-state index in [1.54, 1.807) is 7.11 Å². The molecule has 0 radical (unpaired) electrons. The Kier molecular flexibility index (Phi) is 3.23. The van der Waals surface area contributed by atoms with E-state index in [1.165, 1.54) is 16.7 Å². The van der Waals surface area contributed by atoms with Crippen LogP contribution in [0, 0.1) is 6.92 Å². The highest BCUT2D eigenvalue weighted by Gasteiger charge is 2.27. The van der Waals surface area contributed by atoms with Gasteiger partial charge < -0.3 is 9.47 Å². The highest BCUT2D eigenvalue weighted by Crippen LogP contribution is 2.44. The summed E-state index contributed by atoms with van der Waals surface area (Å²) in [6.07, 6.45) is 0.965. The van der Waals surface area contributed by atoms with E-state index in [1.807, 2.05) is 6.07 Å². The molecule has 1 aliphatic rings. The van der Waals surface area contributed by atoms with Gasteiger partial charge >= 0.3 is 0 Å². The van der Waals surface area contributed by atoms with Crippen LogP contribution in [0.2, 0.25) is 0 Å². The minimum absolute atomic E-state index is 0.0822. The molecule has 0 spiro atoms. The fraction of sp³-hybridized carbons (Fsp3) is 0.250. The molecule has 3 heteroatoms. The second-order valence-corrected chi connectivity index (χ2v) is 5.73. The third-order valence-electron chi connectivity index (χ3n) is 3.43. The SMILES string of the molecule is COc1cc(Br)cc2c1OC(c1ccc(C)cc1)C2. The number of rotatable bonds is 2. The molecule has 0 fully saturated rings. The minimum atomic E-state index is 0.0822. The molecule has 2 nitrogen and oxygen atoms in total. The van der Waals surface area contributed by atoms with Crippen LogP contribution in [0.5, 0.6) is 11.5 Å². The lowest BCUT2D eigenvalue weighted by atomic mass is 10.0. The van der Waals surface area contributed by atoms with E-state index in [0.717, 1.165) is 22.4 Å². The summed E-state index contributed by atoms with van der Waals surface area (Å²) in [6.45, 7) is 2.09. The van der Waals surface area contributed by atoms with Crippen LogP contribution in [0.1, 0.15) is 22.8 Å². The number of hydrogen-bond donors (Lipinski definition) is 0. The molecule has 1 heterocycles. The van der Waals surface area contributed by atoms with Crippen molar-refractivity contribution in [3.63, 3.8) is 0 Å². The van der Waals surface area contributed by atoms with Gasteiger partial charge in [0.15, 0.2) is 11.5 Å². The predicted molar refractivity (Wildman–Crippen MR) is 78.9 cm³/mol. The first kappa shape index (κ1) is 12.5. The zero-order valence-corrected chi connectivity index (χ0v) is 12.5. The van der Waals surface area contributed by atoms with Crippen molar-refractivity contribution in [1.82, 2.24) is 0 Å². The van der Waals surface area contributed by atoms with Crippen molar-refractivity contribution < 1.29 is 9.47 Å². The van der Waals surface area contributed by atoms with Gasteiger partial charge in [-0.25, -0.2) is 0 Å². The van der Waals surface area contributed by atoms with Crippen molar-refractivity contribution in [2.24, 2.45) is 0 Å². The highest BCUT2D eigenvalue weighted by molar-refractivity contribution is 9.10. The first-order valence-corrected chi connectivity index (χ1v) is 7.06. The van der Waals surface area contributed by atoms with Gasteiger partial charge in [0.1, 0.15) is 6.10 Å². The average Bonchev–Trinajstić information content (AvgIpc) is 2.82. The van der Waals surface area contributed by atoms with Gasteiger partial charge in [-0.3, -0.25) is 0 Å². The molecule has 0 bridgehead atoms. The summed E-state index contributed by atoms with van der Waals surface area (Å²) >= 11 is 3.51. The van der Waals surface area contributed by atoms with Crippen LogP contribution in [0.25, 0.3) is 0 Å². The molecule has 19 heavy (non-hydrogen) atoms. The lowest BCUT2D eigenvalue weighted by molar-refractivity contribution is 0.228. The van der Waals surface area contributed by atoms with Crippen molar-refractivity contribution in [3.8, 4) is 11.5 Å². The Morgan fingerprint density at radius 2 is 1.95 bits per heavy atom. The normalized spacial score (nSPS) is 16.9. The molecular weight excluding hydrogens is 304 g/mol. The first-order valence-electron chi connectivity index (χ1n) is 6.27. The van der Waals surface area contributed by atoms with Crippen LogP contribution in [-0.4, -0.2) is 7.11 Å². The largest absolute Gasteiger partial charge is 0.493 e. The Balaban J connectivity index is 1.93. The summed E-state index contributed by atoms with van der Waals surface area (Å²) in [7, 11) is 1.67. The Hall–Kier alpha value is -1.48. The van der Waals surface area contributed by atoms with Crippen LogP contribution >= 0.6 is 15.9 Å². The fourth-order valence-corrected chi connectivity index (χ4v) is 2.89. The Morgan fingerprint density at radius 3 is 2.63 bits per heavy atom. The molecule has 2 aromatic carbocycles. The molecule has 2 aromatic rings. The number of halogens is 1. The van der Waals surface area contributed by atoms with Gasteiger partial charge in [-0.1, -0.05) is 45.8 Å². The van der Waals surface area contributed by atoms with E-state index in [4.69, 9.17) is 9.47 Å². The molecule has 0 aromatic heterocycles. The van der Waals surface area contributed by atoms with Gasteiger partial charge in [-0.15, -0.1) is 0 Å². The number of aryl methyl sites for hydroxylation is 1. The second kappa shape index (κ2) is 4.89. The molecular formula is C16H15BrO2. The van der Waals surface area contributed by atoms with Crippen LogP contribution in [0.4, 0.5) is 0 Å². The number of benzene rings is 2. The van der Waals surface area contributed by atoms with Crippen LogP contribution in [-0.2, 0) is 6.42 Å². The molecule has 0 saturated carbocycles. The van der Waals surface area contributed by atoms with Crippen molar-refractivity contribution >= 4 is 15.9 Å². The zero-order valence-electron chi connectivity index (χ0n) is 10.9. The number of methoxy groups -OCH3 is 1. The summed E-state index contributed by atoms with van der Waals surface area (Å²) in [6, 6.07) is 12.5. The van der Waals surface area contributed by atoms with Gasteiger partial charge in [-0.2, -0.15) is 0 Å². The molecule has 1 atom stereocenters. The summed E-state index contributed by atoms with van der Waals surface area (Å²) in [5, 5.41) is 0. The highest BCUT2D eigenvalue weighted by atomic mass is 79.9. The first-order chi connectivity index (χ1) is 9.17. The monoisotopic (exact) mass is 318 g/mol. The molecule has 0 saturated heterocycles. The summed E-state index contributed by atoms with van der Waals surface area (Å²) in [5.41, 5.74) is 3.66. The van der Waals surface area contributed by atoms with Gasteiger partial charge in [0, 0.05) is 16.5 Å². The van der Waals surface area contributed by atoms with Crippen molar-refractivity contribution in [2.45, 2.75) is 19.4 Å². The van der Waals surface area contributed by atoms with Crippen LogP contribution in [0.15, 0.2) is 40.9 Å². The topological polar surface area (TPSA) is 18.5 Å².